The molecule has 1 atom stereocenters. The number of aliphatic hydroxyl groups is 1. The summed E-state index contributed by atoms with van der Waals surface area (Å²) in [5.41, 5.74) is 3.06. The zero-order chi connectivity index (χ0) is 20.2. The van der Waals surface area contributed by atoms with Gasteiger partial charge < -0.3 is 5.11 Å². The summed E-state index contributed by atoms with van der Waals surface area (Å²) in [7, 11) is 0. The van der Waals surface area contributed by atoms with Crippen molar-refractivity contribution in [2.75, 3.05) is 0 Å². The minimum Gasteiger partial charge on any atom is -0.511 e. The van der Waals surface area contributed by atoms with Crippen LogP contribution < -0.4 is 0 Å². The Kier molecular flexibility index (Phi) is 5.57. The maximum Gasteiger partial charge on any atom is 0.168 e. The van der Waals surface area contributed by atoms with Gasteiger partial charge in [-0.1, -0.05) is 67.6 Å². The normalized spacial score (nSPS) is 20.2. The summed E-state index contributed by atoms with van der Waals surface area (Å²) in [6, 6.07) is 24.3. The van der Waals surface area contributed by atoms with E-state index in [0.29, 0.717) is 30.5 Å². The van der Waals surface area contributed by atoms with E-state index in [4.69, 9.17) is 4.99 Å². The van der Waals surface area contributed by atoms with E-state index in [1.807, 2.05) is 55.5 Å². The largest absolute Gasteiger partial charge is 0.511 e. The van der Waals surface area contributed by atoms with Crippen LogP contribution in [-0.2, 0) is 4.79 Å². The maximum absolute atomic E-state index is 13.0. The molecule has 3 heteroatoms. The lowest BCUT2D eigenvalue weighted by Crippen LogP contribution is -2.26. The first-order valence-electron chi connectivity index (χ1n) is 10.2. The van der Waals surface area contributed by atoms with Crippen LogP contribution in [0.1, 0.15) is 44.1 Å². The number of carbonyl (C=O) groups excluding carboxylic acids is 1. The topological polar surface area (TPSA) is 49.7 Å². The van der Waals surface area contributed by atoms with Gasteiger partial charge in [-0.05, 0) is 47.2 Å². The Morgan fingerprint density at radius 2 is 1.69 bits per heavy atom. The lowest BCUT2D eigenvalue weighted by atomic mass is 9.78. The molecule has 3 aromatic carbocycles. The van der Waals surface area contributed by atoms with E-state index in [2.05, 4.69) is 24.3 Å². The average molecular weight is 383 g/mol. The molecule has 0 heterocycles. The first-order valence-corrected chi connectivity index (χ1v) is 10.2. The van der Waals surface area contributed by atoms with Gasteiger partial charge in [-0.15, -0.1) is 0 Å². The van der Waals surface area contributed by atoms with E-state index in [-0.39, 0.29) is 17.5 Å². The van der Waals surface area contributed by atoms with Crippen LogP contribution in [0.2, 0.25) is 0 Å². The fourth-order valence-corrected chi connectivity index (χ4v) is 4.05. The number of Topliss-reactive ketones (excluding diaryl/α,β-unsaturated/α-hetero) is 1. The second kappa shape index (κ2) is 8.44. The summed E-state index contributed by atoms with van der Waals surface area (Å²) in [5, 5.41) is 12.9. The summed E-state index contributed by atoms with van der Waals surface area (Å²) in [6.07, 6.45) is 2.33. The van der Waals surface area contributed by atoms with Crippen LogP contribution in [0.4, 0.5) is 5.69 Å². The molecule has 1 unspecified atom stereocenters. The van der Waals surface area contributed by atoms with E-state index in [1.54, 1.807) is 0 Å². The Balaban J connectivity index is 1.78. The van der Waals surface area contributed by atoms with Gasteiger partial charge in [0.2, 0.25) is 0 Å². The van der Waals surface area contributed by atoms with Gasteiger partial charge >= 0.3 is 0 Å². The molecule has 146 valence electrons. The molecule has 0 aliphatic heterocycles. The first kappa shape index (κ1) is 19.1. The van der Waals surface area contributed by atoms with Gasteiger partial charge in [0.25, 0.3) is 0 Å². The van der Waals surface area contributed by atoms with Crippen LogP contribution in [0, 0.1) is 0 Å². The van der Waals surface area contributed by atoms with Gasteiger partial charge in [-0.3, -0.25) is 9.79 Å². The quantitative estimate of drug-likeness (QED) is 0.404. The molecule has 0 saturated heterocycles. The van der Waals surface area contributed by atoms with E-state index in [1.165, 1.54) is 0 Å². The monoisotopic (exact) mass is 383 g/mol. The van der Waals surface area contributed by atoms with Crippen molar-refractivity contribution in [1.29, 1.82) is 0 Å². The van der Waals surface area contributed by atoms with Gasteiger partial charge in [0.15, 0.2) is 5.78 Å². The molecule has 3 nitrogen and oxygen atoms in total. The molecule has 0 amide bonds. The van der Waals surface area contributed by atoms with Crippen LogP contribution in [0.3, 0.4) is 0 Å². The van der Waals surface area contributed by atoms with Crippen molar-refractivity contribution < 1.29 is 9.90 Å². The van der Waals surface area contributed by atoms with Crippen molar-refractivity contribution in [1.82, 2.24) is 0 Å². The Hall–Kier alpha value is -3.20. The number of ketones is 1. The third-order valence-electron chi connectivity index (χ3n) is 5.48. The molecule has 0 spiro atoms. The highest BCUT2D eigenvalue weighted by molar-refractivity contribution is 6.25. The second-order valence-corrected chi connectivity index (χ2v) is 7.60. The number of carbonyl (C=O) groups is 1. The highest BCUT2D eigenvalue weighted by Crippen LogP contribution is 2.35. The molecule has 0 bridgehead atoms. The molecule has 0 aromatic heterocycles. The van der Waals surface area contributed by atoms with Gasteiger partial charge in [0, 0.05) is 12.8 Å². The molecule has 1 fully saturated rings. The molecular formula is C26H25NO2. The number of aliphatic hydroxyl groups excluding tert-OH is 1. The number of benzene rings is 3. The Morgan fingerprint density at radius 3 is 2.45 bits per heavy atom. The summed E-state index contributed by atoms with van der Waals surface area (Å²) < 4.78 is 0. The summed E-state index contributed by atoms with van der Waals surface area (Å²) in [4.78, 5) is 17.9. The van der Waals surface area contributed by atoms with Crippen LogP contribution in [0.15, 0.2) is 89.1 Å². The van der Waals surface area contributed by atoms with Crippen molar-refractivity contribution in [3.05, 3.63) is 89.7 Å². The lowest BCUT2D eigenvalue weighted by molar-refractivity contribution is -0.115. The van der Waals surface area contributed by atoms with Crippen molar-refractivity contribution >= 4 is 28.0 Å². The maximum atomic E-state index is 13.0. The fourth-order valence-electron chi connectivity index (χ4n) is 4.05. The molecule has 29 heavy (non-hydrogen) atoms. The predicted octanol–water partition coefficient (Wildman–Crippen LogP) is 6.67. The smallest absolute Gasteiger partial charge is 0.168 e. The van der Waals surface area contributed by atoms with Crippen LogP contribution in [0.25, 0.3) is 10.8 Å². The molecule has 1 saturated carbocycles. The Bertz CT molecular complexity index is 1100. The number of allylic oxidation sites excluding steroid dienone is 2. The number of nitrogens with zero attached hydrogens (tertiary/aromatic N) is 1. The third kappa shape index (κ3) is 4.14. The van der Waals surface area contributed by atoms with Gasteiger partial charge in [0.05, 0.1) is 17.0 Å². The molecule has 1 aliphatic carbocycles. The highest BCUT2D eigenvalue weighted by atomic mass is 16.3. The zero-order valence-corrected chi connectivity index (χ0v) is 16.6. The SMILES string of the molecule is CCCC(O)=C1C(=O)CC(c2ccccc2)CC1=Nc1ccc2ccccc2c1. The minimum atomic E-state index is -0.0180. The summed E-state index contributed by atoms with van der Waals surface area (Å²) >= 11 is 0. The predicted molar refractivity (Wildman–Crippen MR) is 119 cm³/mol. The first-order chi connectivity index (χ1) is 14.2. The zero-order valence-electron chi connectivity index (χ0n) is 16.6. The summed E-state index contributed by atoms with van der Waals surface area (Å²) in [6.45, 7) is 2.00. The van der Waals surface area contributed by atoms with Gasteiger partial charge in [0.1, 0.15) is 5.76 Å². The Morgan fingerprint density at radius 1 is 0.966 bits per heavy atom. The molecular weight excluding hydrogens is 358 g/mol. The van der Waals surface area contributed by atoms with Crippen LogP contribution >= 0.6 is 0 Å². The molecule has 4 rings (SSSR count). The molecule has 0 radical (unpaired) electrons. The average Bonchev–Trinajstić information content (AvgIpc) is 2.74. The van der Waals surface area contributed by atoms with E-state index < -0.39 is 0 Å². The fraction of sp³-hybridized carbons (Fsp3) is 0.231. The number of rotatable bonds is 4. The molecule has 3 aromatic rings. The van der Waals surface area contributed by atoms with E-state index in [9.17, 15) is 9.90 Å². The molecule has 1 N–H and O–H groups in total. The van der Waals surface area contributed by atoms with Crippen LogP contribution in [0.5, 0.6) is 0 Å². The molecule has 1 aliphatic rings. The van der Waals surface area contributed by atoms with Crippen LogP contribution in [-0.4, -0.2) is 16.6 Å². The number of hydrogen-bond donors (Lipinski definition) is 1. The minimum absolute atomic E-state index is 0.0180. The summed E-state index contributed by atoms with van der Waals surface area (Å²) in [5.74, 6) is 0.236. The van der Waals surface area contributed by atoms with E-state index >= 15 is 0 Å². The standard InChI is InChI=1S/C26H25NO2/c1-2-8-24(28)26-23(16-21(17-25(26)29)18-9-4-3-5-10-18)27-22-14-13-19-11-6-7-12-20(19)15-22/h3-7,9-15,21,28H,2,8,16-17H2,1H3. The number of fused-ring (bicyclic) bond motifs is 1. The Labute approximate surface area is 171 Å². The van der Waals surface area contributed by atoms with Crippen molar-refractivity contribution in [2.45, 2.75) is 38.5 Å². The highest BCUT2D eigenvalue weighted by Gasteiger charge is 2.32. The van der Waals surface area contributed by atoms with Crippen molar-refractivity contribution in [3.63, 3.8) is 0 Å². The van der Waals surface area contributed by atoms with E-state index in [0.717, 1.165) is 28.4 Å². The number of hydrogen-bond acceptors (Lipinski definition) is 3. The van der Waals surface area contributed by atoms with Gasteiger partial charge in [-0.2, -0.15) is 0 Å². The lowest BCUT2D eigenvalue weighted by Gasteiger charge is -2.26. The van der Waals surface area contributed by atoms with Gasteiger partial charge in [-0.25, -0.2) is 0 Å². The number of aliphatic imine (C=N–C) groups is 1. The third-order valence-corrected chi connectivity index (χ3v) is 5.48. The van der Waals surface area contributed by atoms with Crippen molar-refractivity contribution in [2.24, 2.45) is 4.99 Å². The van der Waals surface area contributed by atoms with Crippen molar-refractivity contribution in [3.8, 4) is 0 Å². The second-order valence-electron chi connectivity index (χ2n) is 7.60.